The highest BCUT2D eigenvalue weighted by atomic mass is 16.4. The number of carbonyl (C=O) groups excluding carboxylic acids is 1. The molecule has 5 nitrogen and oxygen atoms in total. The van der Waals surface area contributed by atoms with Gasteiger partial charge in [-0.25, -0.2) is 0 Å². The average Bonchev–Trinajstić information content (AvgIpc) is 2.78. The second-order valence-corrected chi connectivity index (χ2v) is 7.05. The van der Waals surface area contributed by atoms with Crippen LogP contribution >= 0.6 is 0 Å². The van der Waals surface area contributed by atoms with Gasteiger partial charge in [0.2, 0.25) is 5.91 Å². The summed E-state index contributed by atoms with van der Waals surface area (Å²) in [6, 6.07) is 0. The molecule has 2 aliphatic carbocycles. The predicted octanol–water partition coefficient (Wildman–Crippen LogP) is 2.38. The molecule has 2 rings (SSSR count). The maximum Gasteiger partial charge on any atom is 0.224 e. The Labute approximate surface area is 121 Å². The van der Waals surface area contributed by atoms with Crippen molar-refractivity contribution in [1.82, 2.24) is 5.32 Å². The third-order valence-corrected chi connectivity index (χ3v) is 5.24. The molecule has 0 aromatic carbocycles. The van der Waals surface area contributed by atoms with Crippen LogP contribution in [0.25, 0.3) is 0 Å². The number of nitrogens with two attached hydrogens (primary N) is 1. The molecule has 1 atom stereocenters. The van der Waals surface area contributed by atoms with E-state index in [4.69, 9.17) is 10.9 Å². The molecular formula is C15H27N3O2. The first-order valence-electron chi connectivity index (χ1n) is 7.71. The number of rotatable bonds is 3. The predicted molar refractivity (Wildman–Crippen MR) is 78.5 cm³/mol. The molecule has 1 unspecified atom stereocenters. The van der Waals surface area contributed by atoms with Crippen molar-refractivity contribution in [2.45, 2.75) is 70.8 Å². The van der Waals surface area contributed by atoms with Crippen LogP contribution in [0.1, 0.15) is 65.2 Å². The van der Waals surface area contributed by atoms with E-state index in [-0.39, 0.29) is 23.1 Å². The Morgan fingerprint density at radius 3 is 2.35 bits per heavy atom. The minimum absolute atomic E-state index is 0.0350. The van der Waals surface area contributed by atoms with Crippen LogP contribution in [0.4, 0.5) is 0 Å². The molecule has 0 radical (unpaired) electrons. The minimum Gasteiger partial charge on any atom is -0.409 e. The molecule has 0 spiro atoms. The van der Waals surface area contributed by atoms with Crippen LogP contribution < -0.4 is 11.1 Å². The number of nitrogens with zero attached hydrogens (tertiary/aromatic N) is 1. The number of nitrogens with one attached hydrogen (secondary N) is 1. The first-order chi connectivity index (χ1) is 9.41. The number of carbonyl (C=O) groups is 1. The summed E-state index contributed by atoms with van der Waals surface area (Å²) in [5.74, 6) is 0.259. The first-order valence-corrected chi connectivity index (χ1v) is 7.71. The van der Waals surface area contributed by atoms with E-state index in [9.17, 15) is 4.79 Å². The van der Waals surface area contributed by atoms with Crippen molar-refractivity contribution in [3.8, 4) is 0 Å². The third kappa shape index (κ3) is 2.76. The highest BCUT2D eigenvalue weighted by Gasteiger charge is 2.44. The largest absolute Gasteiger partial charge is 0.409 e. The normalized spacial score (nSPS) is 29.1. The number of amides is 1. The molecule has 2 aliphatic rings. The Hall–Kier alpha value is -1.26. The van der Waals surface area contributed by atoms with E-state index >= 15 is 0 Å². The van der Waals surface area contributed by atoms with Gasteiger partial charge in [0.1, 0.15) is 5.54 Å². The second-order valence-electron chi connectivity index (χ2n) is 7.05. The molecule has 0 aromatic rings. The van der Waals surface area contributed by atoms with Crippen LogP contribution in [-0.2, 0) is 4.79 Å². The molecule has 2 fully saturated rings. The van der Waals surface area contributed by atoms with E-state index in [1.807, 2.05) is 0 Å². The fourth-order valence-corrected chi connectivity index (χ4v) is 3.83. The summed E-state index contributed by atoms with van der Waals surface area (Å²) in [6.45, 7) is 4.31. The standard InChI is InChI=1S/C15H27N3O2/c1-14(2)8-6-7-11(14)12(19)17-15(13(16)18-20)9-4-3-5-10-15/h11,20H,3-10H2,1-2H3,(H2,16,18)(H,17,19). The van der Waals surface area contributed by atoms with Gasteiger partial charge in [0.25, 0.3) is 0 Å². The topological polar surface area (TPSA) is 87.7 Å². The summed E-state index contributed by atoms with van der Waals surface area (Å²) in [6.07, 6.45) is 7.80. The summed E-state index contributed by atoms with van der Waals surface area (Å²) < 4.78 is 0. The molecule has 0 aromatic heterocycles. The zero-order valence-corrected chi connectivity index (χ0v) is 12.6. The monoisotopic (exact) mass is 281 g/mol. The van der Waals surface area contributed by atoms with E-state index in [2.05, 4.69) is 24.3 Å². The number of hydrogen-bond donors (Lipinski definition) is 3. The average molecular weight is 281 g/mol. The van der Waals surface area contributed by atoms with Gasteiger partial charge in [0.05, 0.1) is 0 Å². The van der Waals surface area contributed by atoms with Crippen LogP contribution in [0, 0.1) is 11.3 Å². The van der Waals surface area contributed by atoms with Gasteiger partial charge < -0.3 is 16.3 Å². The molecule has 5 heteroatoms. The Morgan fingerprint density at radius 1 is 1.20 bits per heavy atom. The minimum atomic E-state index is -0.636. The van der Waals surface area contributed by atoms with Gasteiger partial charge in [0.15, 0.2) is 5.84 Å². The van der Waals surface area contributed by atoms with E-state index in [1.165, 1.54) is 0 Å². The molecule has 0 bridgehead atoms. The van der Waals surface area contributed by atoms with Gasteiger partial charge in [-0.05, 0) is 31.1 Å². The zero-order valence-electron chi connectivity index (χ0n) is 12.6. The highest BCUT2D eigenvalue weighted by molar-refractivity contribution is 5.94. The van der Waals surface area contributed by atoms with E-state index in [0.717, 1.165) is 51.4 Å². The molecule has 20 heavy (non-hydrogen) atoms. The summed E-state index contributed by atoms with van der Waals surface area (Å²) >= 11 is 0. The Balaban J connectivity index is 2.14. The molecule has 1 amide bonds. The van der Waals surface area contributed by atoms with Gasteiger partial charge in [-0.1, -0.05) is 44.7 Å². The molecule has 2 saturated carbocycles. The van der Waals surface area contributed by atoms with Crippen molar-refractivity contribution in [2.24, 2.45) is 22.2 Å². The first kappa shape index (κ1) is 15.1. The summed E-state index contributed by atoms with van der Waals surface area (Å²) in [5, 5.41) is 15.4. The quantitative estimate of drug-likeness (QED) is 0.321. The molecule has 0 saturated heterocycles. The smallest absolute Gasteiger partial charge is 0.224 e. The van der Waals surface area contributed by atoms with Crippen LogP contribution in [-0.4, -0.2) is 22.5 Å². The Bertz CT molecular complexity index is 398. The molecule has 114 valence electrons. The van der Waals surface area contributed by atoms with E-state index < -0.39 is 5.54 Å². The van der Waals surface area contributed by atoms with Crippen molar-refractivity contribution in [3.63, 3.8) is 0 Å². The van der Waals surface area contributed by atoms with Crippen molar-refractivity contribution in [1.29, 1.82) is 0 Å². The Kier molecular flexibility index (Phi) is 4.25. The summed E-state index contributed by atoms with van der Waals surface area (Å²) in [7, 11) is 0. The van der Waals surface area contributed by atoms with Gasteiger partial charge in [-0.15, -0.1) is 0 Å². The van der Waals surface area contributed by atoms with Crippen LogP contribution in [0.15, 0.2) is 5.16 Å². The van der Waals surface area contributed by atoms with Crippen LogP contribution in [0.5, 0.6) is 0 Å². The fourth-order valence-electron chi connectivity index (χ4n) is 3.83. The lowest BCUT2D eigenvalue weighted by Gasteiger charge is -2.39. The van der Waals surface area contributed by atoms with Gasteiger partial charge in [-0.2, -0.15) is 0 Å². The number of oxime groups is 1. The van der Waals surface area contributed by atoms with Crippen molar-refractivity contribution >= 4 is 11.7 Å². The number of amidine groups is 1. The van der Waals surface area contributed by atoms with Gasteiger partial charge in [0, 0.05) is 5.92 Å². The summed E-state index contributed by atoms with van der Waals surface area (Å²) in [4.78, 5) is 12.7. The maximum absolute atomic E-state index is 12.7. The molecule has 0 aliphatic heterocycles. The molecule has 0 heterocycles. The number of hydrogen-bond acceptors (Lipinski definition) is 3. The van der Waals surface area contributed by atoms with Crippen LogP contribution in [0.3, 0.4) is 0 Å². The maximum atomic E-state index is 12.7. The second kappa shape index (κ2) is 5.62. The van der Waals surface area contributed by atoms with Crippen molar-refractivity contribution in [2.75, 3.05) is 0 Å². The van der Waals surface area contributed by atoms with E-state index in [0.29, 0.717) is 0 Å². The van der Waals surface area contributed by atoms with Crippen molar-refractivity contribution < 1.29 is 10.0 Å². The summed E-state index contributed by atoms with van der Waals surface area (Å²) in [5.41, 5.74) is 5.29. The molecule has 4 N–H and O–H groups in total. The van der Waals surface area contributed by atoms with Crippen molar-refractivity contribution in [3.05, 3.63) is 0 Å². The lowest BCUT2D eigenvalue weighted by Crippen LogP contribution is -2.60. The lowest BCUT2D eigenvalue weighted by atomic mass is 9.78. The van der Waals surface area contributed by atoms with Gasteiger partial charge in [-0.3, -0.25) is 4.79 Å². The van der Waals surface area contributed by atoms with E-state index in [1.54, 1.807) is 0 Å². The SMILES string of the molecule is CC1(C)CCCC1C(=O)NC1(C(N)=NO)CCCCC1. The Morgan fingerprint density at radius 2 is 1.85 bits per heavy atom. The fraction of sp³-hybridized carbons (Fsp3) is 0.867. The zero-order chi connectivity index (χ0) is 14.8. The van der Waals surface area contributed by atoms with Crippen LogP contribution in [0.2, 0.25) is 0 Å². The van der Waals surface area contributed by atoms with Gasteiger partial charge >= 0.3 is 0 Å². The highest BCUT2D eigenvalue weighted by Crippen LogP contribution is 2.43. The molecular weight excluding hydrogens is 254 g/mol. The third-order valence-electron chi connectivity index (χ3n) is 5.24. The lowest BCUT2D eigenvalue weighted by molar-refractivity contribution is -0.129.